The number of allylic oxidation sites excluding steroid dienone is 2. The van der Waals surface area contributed by atoms with E-state index in [-0.39, 0.29) is 30.2 Å². The molecule has 3 rings (SSSR count). The van der Waals surface area contributed by atoms with Crippen LogP contribution in [-0.4, -0.2) is 112 Å². The van der Waals surface area contributed by atoms with Gasteiger partial charge < -0.3 is 45.8 Å². The summed E-state index contributed by atoms with van der Waals surface area (Å²) in [5.74, 6) is -0.134. The van der Waals surface area contributed by atoms with Crippen molar-refractivity contribution in [2.24, 2.45) is 10.7 Å². The first-order chi connectivity index (χ1) is 30.1. The van der Waals surface area contributed by atoms with Gasteiger partial charge in [0.1, 0.15) is 5.60 Å². The minimum absolute atomic E-state index is 0.0695. The predicted octanol–water partition coefficient (Wildman–Crippen LogP) is 8.88. The van der Waals surface area contributed by atoms with E-state index in [2.05, 4.69) is 57.2 Å². The number of hydrogen-bond acceptors (Lipinski definition) is 10. The largest absolute Gasteiger partial charge is 0.443 e. The van der Waals surface area contributed by atoms with Crippen molar-refractivity contribution in [1.82, 2.24) is 31.2 Å². The van der Waals surface area contributed by atoms with Crippen molar-refractivity contribution >= 4 is 41.6 Å². The molecule has 0 unspecified atom stereocenters. The maximum absolute atomic E-state index is 12.1. The third-order valence-corrected chi connectivity index (χ3v) is 8.93. The van der Waals surface area contributed by atoms with Gasteiger partial charge >= 0.3 is 12.2 Å². The van der Waals surface area contributed by atoms with Crippen LogP contribution in [0.2, 0.25) is 5.02 Å². The number of aryl methyl sites for hydroxylation is 1. The SMILES string of the molecule is C#C.C/C=C\N.C=C(C)CCc1ccc(Cl)cc1C(=C)[C@H](/C=C/NC=NC)NC(C)=O.CC.CC.CCC(C)(C)OC(=O)N1CCC(NOC(=O)N2CCNCC2)CC1.CCOC. The molecule has 0 saturated carbocycles. The average molecular weight is 906 g/mol. The molecule has 1 atom stereocenters. The van der Waals surface area contributed by atoms with Gasteiger partial charge in [-0.25, -0.2) is 9.59 Å². The molecule has 6 N–H and O–H groups in total. The zero-order chi connectivity index (χ0) is 49.2. The first kappa shape index (κ1) is 64.8. The summed E-state index contributed by atoms with van der Waals surface area (Å²) >= 11 is 6.19. The first-order valence-corrected chi connectivity index (χ1v) is 22.2. The number of piperidine rings is 1. The van der Waals surface area contributed by atoms with Crippen LogP contribution in [0.15, 0.2) is 66.5 Å². The van der Waals surface area contributed by atoms with Gasteiger partial charge in [0.15, 0.2) is 0 Å². The van der Waals surface area contributed by atoms with Crippen LogP contribution in [0.5, 0.6) is 0 Å². The molecule has 2 fully saturated rings. The Balaban J connectivity index is -0.000000428. The van der Waals surface area contributed by atoms with Gasteiger partial charge in [0.25, 0.3) is 0 Å². The fraction of sp³-hybridized carbons (Fsp3) is 0.583. The number of carbonyl (C=O) groups is 3. The van der Waals surface area contributed by atoms with E-state index in [1.54, 1.807) is 42.6 Å². The van der Waals surface area contributed by atoms with E-state index in [0.717, 1.165) is 74.1 Å². The Morgan fingerprint density at radius 3 is 2.03 bits per heavy atom. The number of terminal acetylenes is 1. The molecule has 14 nitrogen and oxygen atoms in total. The lowest BCUT2D eigenvalue weighted by molar-refractivity contribution is -0.119. The number of hydrogen-bond donors (Lipinski definition) is 5. The van der Waals surface area contributed by atoms with Crippen LogP contribution >= 0.6 is 11.6 Å². The molecule has 1 aromatic rings. The summed E-state index contributed by atoms with van der Waals surface area (Å²) in [5, 5.41) is 9.63. The second-order valence-electron chi connectivity index (χ2n) is 13.9. The van der Waals surface area contributed by atoms with Gasteiger partial charge in [-0.15, -0.1) is 24.9 Å². The molecule has 0 spiro atoms. The highest BCUT2D eigenvalue weighted by Crippen LogP contribution is 2.27. The Morgan fingerprint density at radius 1 is 1.03 bits per heavy atom. The van der Waals surface area contributed by atoms with E-state index in [1.807, 2.05) is 93.5 Å². The van der Waals surface area contributed by atoms with Crippen molar-refractivity contribution in [3.05, 3.63) is 77.6 Å². The van der Waals surface area contributed by atoms with E-state index in [0.29, 0.717) is 31.2 Å². The Labute approximate surface area is 387 Å². The number of carbonyl (C=O) groups excluding carboxylic acids is 3. The smallest absolute Gasteiger partial charge is 0.428 e. The number of piperazine rings is 1. The summed E-state index contributed by atoms with van der Waals surface area (Å²) in [4.78, 5) is 48.1. The summed E-state index contributed by atoms with van der Waals surface area (Å²) < 4.78 is 10.0. The Hall–Kier alpha value is -4.81. The number of hydroxylamine groups is 1. The number of methoxy groups -OCH3 is 1. The monoisotopic (exact) mass is 905 g/mol. The summed E-state index contributed by atoms with van der Waals surface area (Å²) in [6, 6.07) is 5.48. The van der Waals surface area contributed by atoms with Crippen LogP contribution < -0.4 is 27.2 Å². The lowest BCUT2D eigenvalue weighted by Crippen LogP contribution is -2.50. The number of rotatable bonds is 14. The number of nitrogens with zero attached hydrogens (tertiary/aromatic N) is 3. The summed E-state index contributed by atoms with van der Waals surface area (Å²) in [5.41, 5.74) is 11.2. The van der Waals surface area contributed by atoms with Gasteiger partial charge in [0.05, 0.1) is 12.4 Å². The number of ether oxygens (including phenoxy) is 2. The number of nitrogens with one attached hydrogen (secondary N) is 4. The number of aliphatic imine (C=N–C) groups is 1. The van der Waals surface area contributed by atoms with Gasteiger partial charge in [-0.05, 0) is 108 Å². The quantitative estimate of drug-likeness (QED) is 0.0399. The van der Waals surface area contributed by atoms with Crippen LogP contribution in [0.1, 0.15) is 113 Å². The summed E-state index contributed by atoms with van der Waals surface area (Å²) in [6.07, 6.45) is 19.8. The second-order valence-corrected chi connectivity index (χ2v) is 14.4. The molecule has 3 amide bonds. The third-order valence-electron chi connectivity index (χ3n) is 8.70. The van der Waals surface area contributed by atoms with Crippen molar-refractivity contribution in [3.8, 4) is 12.8 Å². The highest BCUT2D eigenvalue weighted by Gasteiger charge is 2.29. The Kier molecular flexibility index (Phi) is 43.7. The predicted molar refractivity (Wildman–Crippen MR) is 267 cm³/mol. The minimum atomic E-state index is -0.439. The maximum Gasteiger partial charge on any atom is 0.428 e. The van der Waals surface area contributed by atoms with Crippen molar-refractivity contribution in [1.29, 1.82) is 0 Å². The van der Waals surface area contributed by atoms with Crippen molar-refractivity contribution < 1.29 is 28.7 Å². The normalized spacial score (nSPS) is 13.8. The third kappa shape index (κ3) is 33.4. The zero-order valence-corrected chi connectivity index (χ0v) is 41.8. The van der Waals surface area contributed by atoms with Crippen LogP contribution in [0.25, 0.3) is 5.57 Å². The van der Waals surface area contributed by atoms with Crippen LogP contribution in [0, 0.1) is 12.8 Å². The van der Waals surface area contributed by atoms with E-state index >= 15 is 0 Å². The van der Waals surface area contributed by atoms with E-state index in [9.17, 15) is 14.4 Å². The molecular formula is C48H85ClN8O6. The standard InChI is InChI=1S/C20H26ClN3O.C16H30N4O4.C3H7N.C3H8O.2C2H6.C2H2/c1-14(2)6-7-17-8-9-18(21)12-19(17)15(3)20(24-16(4)25)10-11-23-13-22-5;1-4-16(2,3)23-14(21)19-9-5-13(6-10-19)18-24-15(22)20-11-7-17-8-12-20;1-2-3-4;1-3-4-2;3*1-2/h8-13,20H,1,3,6-7H2,2,4-5H3,(H,22,23)(H,24,25);13,17-18H,4-12H2,1-3H3;2-3H,4H2,1H3;3H2,1-2H3;2*1-2H3;1-2H/b11-10+;;3-2-;;;;/t20-;;;;;;/m0....../s1. The summed E-state index contributed by atoms with van der Waals surface area (Å²) in [6.45, 7) is 34.2. The minimum Gasteiger partial charge on any atom is -0.443 e. The Bertz CT molecular complexity index is 1480. The molecule has 2 saturated heterocycles. The fourth-order valence-electron chi connectivity index (χ4n) is 4.92. The van der Waals surface area contributed by atoms with Gasteiger partial charge in [-0.1, -0.05) is 70.5 Å². The molecule has 0 radical (unpaired) electrons. The number of nitrogens with two attached hydrogens (primary N) is 1. The zero-order valence-electron chi connectivity index (χ0n) is 41.1. The number of likely N-dealkylation sites (tertiary alicyclic amines) is 1. The molecular weight excluding hydrogens is 820 g/mol. The molecule has 1 aromatic carbocycles. The van der Waals surface area contributed by atoms with Crippen LogP contribution in [0.4, 0.5) is 9.59 Å². The average Bonchev–Trinajstić information content (AvgIpc) is 3.31. The summed E-state index contributed by atoms with van der Waals surface area (Å²) in [7, 11) is 3.35. The van der Waals surface area contributed by atoms with Crippen molar-refractivity contribution in [2.75, 3.05) is 60.0 Å². The number of halogens is 1. The second kappa shape index (κ2) is 42.5. The number of benzene rings is 1. The molecule has 2 heterocycles. The molecule has 63 heavy (non-hydrogen) atoms. The maximum atomic E-state index is 12.1. The van der Waals surface area contributed by atoms with E-state index in [1.165, 1.54) is 13.1 Å². The van der Waals surface area contributed by atoms with Gasteiger partial charge in [-0.2, -0.15) is 0 Å². The molecule has 360 valence electrons. The topological polar surface area (TPSA) is 172 Å². The highest BCUT2D eigenvalue weighted by atomic mass is 35.5. The fourth-order valence-corrected chi connectivity index (χ4v) is 5.09. The molecule has 2 aliphatic rings. The number of amides is 3. The van der Waals surface area contributed by atoms with Crippen molar-refractivity contribution in [2.45, 2.75) is 126 Å². The lowest BCUT2D eigenvalue weighted by atomic mass is 9.92. The van der Waals surface area contributed by atoms with E-state index in [4.69, 9.17) is 26.9 Å². The molecule has 2 aliphatic heterocycles. The molecule has 0 aliphatic carbocycles. The van der Waals surface area contributed by atoms with Crippen LogP contribution in [0.3, 0.4) is 0 Å². The molecule has 0 aromatic heterocycles. The first-order valence-electron chi connectivity index (χ1n) is 21.9. The van der Waals surface area contributed by atoms with Crippen LogP contribution in [-0.2, 0) is 25.5 Å². The van der Waals surface area contributed by atoms with Gasteiger partial charge in [0.2, 0.25) is 5.91 Å². The lowest BCUT2D eigenvalue weighted by Gasteiger charge is -2.34. The van der Waals surface area contributed by atoms with Gasteiger partial charge in [-0.3, -0.25) is 9.79 Å². The van der Waals surface area contributed by atoms with Crippen molar-refractivity contribution in [3.63, 3.8) is 0 Å². The molecule has 0 bridgehead atoms. The molecule has 15 heteroatoms. The highest BCUT2D eigenvalue weighted by molar-refractivity contribution is 6.30. The van der Waals surface area contributed by atoms with E-state index < -0.39 is 5.60 Å². The Morgan fingerprint density at radius 2 is 1.57 bits per heavy atom. The van der Waals surface area contributed by atoms with Gasteiger partial charge in [0, 0.05) is 84.2 Å².